The van der Waals surface area contributed by atoms with Crippen LogP contribution < -0.4 is 14.2 Å². The Kier molecular flexibility index (Phi) is 5.08. The number of carbonyl (C=O) groups is 2. The number of carbonyl (C=O) groups excluding carboxylic acids is 2. The highest BCUT2D eigenvalue weighted by atomic mass is 16.6. The minimum Gasteiger partial charge on any atom is -0.508 e. The van der Waals surface area contributed by atoms with E-state index in [1.807, 2.05) is 0 Å². The Morgan fingerprint density at radius 3 is 2.41 bits per heavy atom. The van der Waals surface area contributed by atoms with Crippen LogP contribution in [0.4, 0.5) is 0 Å². The average molecular weight is 364 g/mol. The van der Waals surface area contributed by atoms with Crippen LogP contribution in [0.15, 0.2) is 67.3 Å². The van der Waals surface area contributed by atoms with E-state index in [2.05, 4.69) is 6.58 Å². The fourth-order valence-electron chi connectivity index (χ4n) is 2.47. The van der Waals surface area contributed by atoms with Crippen molar-refractivity contribution >= 4 is 22.7 Å². The molecule has 0 aliphatic heterocycles. The number of phenolic OH excluding ortho intramolecular Hbond substituents is 1. The summed E-state index contributed by atoms with van der Waals surface area (Å²) in [7, 11) is 1.42. The molecular formula is C21H16O6. The summed E-state index contributed by atoms with van der Waals surface area (Å²) in [5.41, 5.74) is 0.341. The number of hydrogen-bond acceptors (Lipinski definition) is 6. The number of aromatic hydroxyl groups is 1. The summed E-state index contributed by atoms with van der Waals surface area (Å²) in [5.74, 6) is -0.271. The van der Waals surface area contributed by atoms with Crippen molar-refractivity contribution in [1.82, 2.24) is 0 Å². The molecule has 136 valence electrons. The third-order valence-electron chi connectivity index (χ3n) is 3.78. The van der Waals surface area contributed by atoms with Crippen molar-refractivity contribution in [2.24, 2.45) is 0 Å². The number of benzene rings is 3. The first-order chi connectivity index (χ1) is 13.0. The van der Waals surface area contributed by atoms with E-state index >= 15 is 0 Å². The molecule has 0 saturated heterocycles. The van der Waals surface area contributed by atoms with Gasteiger partial charge in [-0.1, -0.05) is 18.7 Å². The van der Waals surface area contributed by atoms with E-state index in [-0.39, 0.29) is 17.2 Å². The topological polar surface area (TPSA) is 82.1 Å². The van der Waals surface area contributed by atoms with Crippen molar-refractivity contribution in [1.29, 1.82) is 0 Å². The van der Waals surface area contributed by atoms with Gasteiger partial charge in [-0.05, 0) is 47.2 Å². The van der Waals surface area contributed by atoms with Gasteiger partial charge in [0, 0.05) is 12.1 Å². The van der Waals surface area contributed by atoms with Crippen LogP contribution in [0, 0.1) is 0 Å². The molecular weight excluding hydrogens is 348 g/mol. The summed E-state index contributed by atoms with van der Waals surface area (Å²) in [4.78, 5) is 23.7. The zero-order valence-corrected chi connectivity index (χ0v) is 14.5. The predicted molar refractivity (Wildman–Crippen MR) is 99.4 cm³/mol. The maximum absolute atomic E-state index is 12.4. The highest BCUT2D eigenvalue weighted by Crippen LogP contribution is 2.31. The van der Waals surface area contributed by atoms with Crippen LogP contribution in [0.25, 0.3) is 10.8 Å². The van der Waals surface area contributed by atoms with Crippen LogP contribution in [0.5, 0.6) is 23.0 Å². The number of ether oxygens (including phenoxy) is 3. The molecule has 0 aliphatic carbocycles. The van der Waals surface area contributed by atoms with E-state index < -0.39 is 11.9 Å². The Labute approximate surface area is 155 Å². The largest absolute Gasteiger partial charge is 0.508 e. The van der Waals surface area contributed by atoms with E-state index in [1.54, 1.807) is 36.4 Å². The van der Waals surface area contributed by atoms with Gasteiger partial charge in [0.2, 0.25) is 0 Å². The molecule has 0 unspecified atom stereocenters. The average Bonchev–Trinajstić information content (AvgIpc) is 2.68. The molecule has 6 heteroatoms. The first-order valence-electron chi connectivity index (χ1n) is 7.97. The first kappa shape index (κ1) is 18.0. The quantitative estimate of drug-likeness (QED) is 0.420. The van der Waals surface area contributed by atoms with Gasteiger partial charge in [0.25, 0.3) is 0 Å². The molecule has 0 amide bonds. The lowest BCUT2D eigenvalue weighted by Crippen LogP contribution is -2.09. The van der Waals surface area contributed by atoms with Crippen molar-refractivity contribution in [3.8, 4) is 23.0 Å². The Bertz CT molecular complexity index is 1040. The van der Waals surface area contributed by atoms with E-state index in [0.29, 0.717) is 11.3 Å². The fourth-order valence-corrected chi connectivity index (χ4v) is 2.47. The number of esters is 2. The van der Waals surface area contributed by atoms with Crippen molar-refractivity contribution in [2.45, 2.75) is 0 Å². The third kappa shape index (κ3) is 4.07. The van der Waals surface area contributed by atoms with Gasteiger partial charge in [-0.3, -0.25) is 0 Å². The third-order valence-corrected chi connectivity index (χ3v) is 3.78. The second-order valence-corrected chi connectivity index (χ2v) is 5.57. The van der Waals surface area contributed by atoms with Crippen LogP contribution in [0.3, 0.4) is 0 Å². The molecule has 0 heterocycles. The summed E-state index contributed by atoms with van der Waals surface area (Å²) in [6.45, 7) is 3.35. The van der Waals surface area contributed by atoms with Gasteiger partial charge in [0.05, 0.1) is 12.7 Å². The predicted octanol–water partition coefficient (Wildman–Crippen LogP) is 3.86. The standard InChI is InChI=1S/C21H16O6/c1-3-20(23)26-17-8-6-13-10-15(5-4-14(13)11-17)21(24)27-18-9-7-16(22)12-19(18)25-2/h3-12,22H,1H2,2H3. The number of phenols is 1. The smallest absolute Gasteiger partial charge is 0.343 e. The minimum absolute atomic E-state index is 0.00492. The van der Waals surface area contributed by atoms with Gasteiger partial charge < -0.3 is 19.3 Å². The van der Waals surface area contributed by atoms with Crippen LogP contribution >= 0.6 is 0 Å². The minimum atomic E-state index is -0.567. The molecule has 3 aromatic carbocycles. The summed E-state index contributed by atoms with van der Waals surface area (Å²) in [6, 6.07) is 14.3. The van der Waals surface area contributed by atoms with E-state index in [4.69, 9.17) is 14.2 Å². The van der Waals surface area contributed by atoms with E-state index in [0.717, 1.165) is 16.8 Å². The Morgan fingerprint density at radius 1 is 0.926 bits per heavy atom. The van der Waals surface area contributed by atoms with Gasteiger partial charge in [0.15, 0.2) is 11.5 Å². The Morgan fingerprint density at radius 2 is 1.67 bits per heavy atom. The van der Waals surface area contributed by atoms with E-state index in [9.17, 15) is 14.7 Å². The lowest BCUT2D eigenvalue weighted by molar-refractivity contribution is -0.128. The van der Waals surface area contributed by atoms with Gasteiger partial charge in [0.1, 0.15) is 11.5 Å². The van der Waals surface area contributed by atoms with Crippen LogP contribution in [0.2, 0.25) is 0 Å². The monoisotopic (exact) mass is 364 g/mol. The second-order valence-electron chi connectivity index (χ2n) is 5.57. The van der Waals surface area contributed by atoms with Crippen molar-refractivity contribution in [3.63, 3.8) is 0 Å². The molecule has 0 atom stereocenters. The SMILES string of the molecule is C=CC(=O)Oc1ccc2cc(C(=O)Oc3ccc(O)cc3OC)ccc2c1. The molecule has 0 radical (unpaired) electrons. The zero-order chi connectivity index (χ0) is 19.4. The van der Waals surface area contributed by atoms with Crippen molar-refractivity contribution < 1.29 is 28.9 Å². The normalized spacial score (nSPS) is 10.3. The first-order valence-corrected chi connectivity index (χ1v) is 7.97. The zero-order valence-electron chi connectivity index (χ0n) is 14.5. The number of hydrogen-bond donors (Lipinski definition) is 1. The van der Waals surface area contributed by atoms with Gasteiger partial charge in [-0.2, -0.15) is 0 Å². The highest BCUT2D eigenvalue weighted by molar-refractivity contribution is 5.97. The molecule has 6 nitrogen and oxygen atoms in total. The van der Waals surface area contributed by atoms with Crippen molar-refractivity contribution in [2.75, 3.05) is 7.11 Å². The summed E-state index contributed by atoms with van der Waals surface area (Å²) >= 11 is 0. The summed E-state index contributed by atoms with van der Waals surface area (Å²) in [6.07, 6.45) is 1.08. The number of rotatable bonds is 5. The van der Waals surface area contributed by atoms with Crippen LogP contribution in [0.1, 0.15) is 10.4 Å². The maximum Gasteiger partial charge on any atom is 0.343 e. The highest BCUT2D eigenvalue weighted by Gasteiger charge is 2.14. The molecule has 0 saturated carbocycles. The molecule has 0 aromatic heterocycles. The van der Waals surface area contributed by atoms with E-state index in [1.165, 1.54) is 25.3 Å². The number of fused-ring (bicyclic) bond motifs is 1. The number of methoxy groups -OCH3 is 1. The van der Waals surface area contributed by atoms with Crippen LogP contribution in [-0.2, 0) is 4.79 Å². The van der Waals surface area contributed by atoms with Gasteiger partial charge in [-0.25, -0.2) is 9.59 Å². The molecule has 0 aliphatic rings. The maximum atomic E-state index is 12.4. The fraction of sp³-hybridized carbons (Fsp3) is 0.0476. The lowest BCUT2D eigenvalue weighted by Gasteiger charge is -2.10. The molecule has 0 fully saturated rings. The van der Waals surface area contributed by atoms with Crippen molar-refractivity contribution in [3.05, 3.63) is 72.8 Å². The lowest BCUT2D eigenvalue weighted by atomic mass is 10.1. The van der Waals surface area contributed by atoms with Gasteiger partial charge >= 0.3 is 11.9 Å². The van der Waals surface area contributed by atoms with Gasteiger partial charge in [-0.15, -0.1) is 0 Å². The summed E-state index contributed by atoms with van der Waals surface area (Å²) < 4.78 is 15.5. The molecule has 0 bridgehead atoms. The molecule has 3 aromatic rings. The molecule has 27 heavy (non-hydrogen) atoms. The Hall–Kier alpha value is -3.80. The van der Waals surface area contributed by atoms with Crippen LogP contribution in [-0.4, -0.2) is 24.2 Å². The molecule has 1 N–H and O–H groups in total. The second kappa shape index (κ2) is 7.61. The summed E-state index contributed by atoms with van der Waals surface area (Å²) in [5, 5.41) is 11.0. The molecule has 3 rings (SSSR count). The molecule has 0 spiro atoms. The Balaban J connectivity index is 1.84.